The molecule has 2 aromatic carbocycles. The van der Waals surface area contributed by atoms with Gasteiger partial charge in [0.2, 0.25) is 5.78 Å². The van der Waals surface area contributed by atoms with E-state index < -0.39 is 12.1 Å². The van der Waals surface area contributed by atoms with Crippen molar-refractivity contribution in [1.29, 1.82) is 0 Å². The molecule has 1 aromatic heterocycles. The van der Waals surface area contributed by atoms with E-state index in [0.29, 0.717) is 23.7 Å². The Morgan fingerprint density at radius 1 is 1.11 bits per heavy atom. The Kier molecular flexibility index (Phi) is 5.45. The van der Waals surface area contributed by atoms with E-state index in [4.69, 9.17) is 14.2 Å². The zero-order chi connectivity index (χ0) is 19.4. The number of ether oxygens (including phenoxy) is 3. The van der Waals surface area contributed by atoms with Crippen LogP contribution in [0.5, 0.6) is 11.5 Å². The number of fused-ring (bicyclic) bond motifs is 1. The molecule has 0 aliphatic rings. The molecule has 0 bridgehead atoms. The Morgan fingerprint density at radius 3 is 2.63 bits per heavy atom. The first-order valence-electron chi connectivity index (χ1n) is 8.67. The van der Waals surface area contributed by atoms with Crippen LogP contribution in [0.25, 0.3) is 10.9 Å². The highest BCUT2D eigenvalue weighted by Crippen LogP contribution is 2.28. The second-order valence-corrected chi connectivity index (χ2v) is 5.96. The molecule has 0 spiro atoms. The zero-order valence-corrected chi connectivity index (χ0v) is 15.4. The van der Waals surface area contributed by atoms with Gasteiger partial charge in [-0.25, -0.2) is 4.79 Å². The summed E-state index contributed by atoms with van der Waals surface area (Å²) < 4.78 is 16.1. The summed E-state index contributed by atoms with van der Waals surface area (Å²) in [6, 6.07) is 12.2. The van der Waals surface area contributed by atoms with Gasteiger partial charge in [0.05, 0.1) is 19.3 Å². The van der Waals surface area contributed by atoms with Gasteiger partial charge in [0.15, 0.2) is 17.6 Å². The van der Waals surface area contributed by atoms with Gasteiger partial charge in [0, 0.05) is 22.7 Å². The van der Waals surface area contributed by atoms with Crippen molar-refractivity contribution in [3.8, 4) is 11.5 Å². The molecule has 6 heteroatoms. The van der Waals surface area contributed by atoms with Crippen LogP contribution in [0.2, 0.25) is 0 Å². The highest BCUT2D eigenvalue weighted by molar-refractivity contribution is 6.10. The van der Waals surface area contributed by atoms with Gasteiger partial charge in [-0.3, -0.25) is 4.79 Å². The maximum atomic E-state index is 12.7. The van der Waals surface area contributed by atoms with E-state index in [9.17, 15) is 9.59 Å². The fourth-order valence-corrected chi connectivity index (χ4v) is 2.85. The van der Waals surface area contributed by atoms with E-state index >= 15 is 0 Å². The van der Waals surface area contributed by atoms with Crippen molar-refractivity contribution < 1.29 is 23.8 Å². The number of nitrogens with one attached hydrogen (secondary N) is 1. The van der Waals surface area contributed by atoms with E-state index in [0.717, 1.165) is 10.9 Å². The number of rotatable bonds is 7. The van der Waals surface area contributed by atoms with Gasteiger partial charge in [0.1, 0.15) is 0 Å². The van der Waals surface area contributed by atoms with E-state index in [1.54, 1.807) is 31.3 Å². The number of para-hydroxylation sites is 1. The predicted octanol–water partition coefficient (Wildman–Crippen LogP) is 4.00. The first-order valence-corrected chi connectivity index (χ1v) is 8.67. The number of benzene rings is 2. The molecule has 1 N–H and O–H groups in total. The number of Topliss-reactive ketones (excluding diaryl/α,β-unsaturated/α-hetero) is 1. The first-order chi connectivity index (χ1) is 13.0. The number of carbonyl (C=O) groups excluding carboxylic acids is 2. The lowest BCUT2D eigenvalue weighted by Crippen LogP contribution is -2.24. The average Bonchev–Trinajstić information content (AvgIpc) is 3.11. The van der Waals surface area contributed by atoms with Crippen molar-refractivity contribution in [2.75, 3.05) is 13.7 Å². The van der Waals surface area contributed by atoms with Crippen LogP contribution in [0.4, 0.5) is 0 Å². The third kappa shape index (κ3) is 3.79. The number of hydrogen-bond donors (Lipinski definition) is 1. The smallest absolute Gasteiger partial charge is 0.338 e. The molecule has 1 heterocycles. The fraction of sp³-hybridized carbons (Fsp3) is 0.238. The molecule has 1 atom stereocenters. The molecule has 0 aliphatic carbocycles. The lowest BCUT2D eigenvalue weighted by molar-refractivity contribution is 0.0319. The quantitative estimate of drug-likeness (QED) is 0.504. The Labute approximate surface area is 157 Å². The van der Waals surface area contributed by atoms with Crippen molar-refractivity contribution in [2.24, 2.45) is 0 Å². The van der Waals surface area contributed by atoms with Gasteiger partial charge < -0.3 is 19.2 Å². The summed E-state index contributed by atoms with van der Waals surface area (Å²) in [5.74, 6) is 0.111. The van der Waals surface area contributed by atoms with E-state index in [1.165, 1.54) is 7.11 Å². The molecular formula is C21H21NO5. The van der Waals surface area contributed by atoms with Gasteiger partial charge in [0.25, 0.3) is 0 Å². The molecule has 6 nitrogen and oxygen atoms in total. The number of hydrogen-bond acceptors (Lipinski definition) is 5. The van der Waals surface area contributed by atoms with Crippen molar-refractivity contribution in [3.63, 3.8) is 0 Å². The molecule has 0 saturated heterocycles. The van der Waals surface area contributed by atoms with Crippen LogP contribution in [-0.4, -0.2) is 36.6 Å². The molecule has 140 valence electrons. The molecular weight excluding hydrogens is 346 g/mol. The summed E-state index contributed by atoms with van der Waals surface area (Å²) in [7, 11) is 1.53. The standard InChI is InChI=1S/C21H21NO5/c1-4-26-19-11-14(9-10-18(19)25-3)21(24)27-13(2)20(23)16-12-22-17-8-6-5-7-15(16)17/h5-13,22H,4H2,1-3H3. The molecule has 0 fully saturated rings. The third-order valence-corrected chi connectivity index (χ3v) is 4.21. The second-order valence-electron chi connectivity index (χ2n) is 5.96. The van der Waals surface area contributed by atoms with E-state index in [-0.39, 0.29) is 11.3 Å². The molecule has 3 aromatic rings. The minimum absolute atomic E-state index is 0.264. The normalized spacial score (nSPS) is 11.8. The van der Waals surface area contributed by atoms with E-state index in [2.05, 4.69) is 4.98 Å². The summed E-state index contributed by atoms with van der Waals surface area (Å²) in [6.07, 6.45) is 0.715. The second kappa shape index (κ2) is 7.95. The van der Waals surface area contributed by atoms with Crippen molar-refractivity contribution in [3.05, 3.63) is 59.8 Å². The number of aromatic nitrogens is 1. The van der Waals surface area contributed by atoms with Crippen molar-refractivity contribution >= 4 is 22.7 Å². The first kappa shape index (κ1) is 18.5. The number of methoxy groups -OCH3 is 1. The molecule has 0 radical (unpaired) electrons. The summed E-state index contributed by atoms with van der Waals surface area (Å²) in [5.41, 5.74) is 1.64. The average molecular weight is 367 g/mol. The molecule has 3 rings (SSSR count). The highest BCUT2D eigenvalue weighted by atomic mass is 16.5. The summed E-state index contributed by atoms with van der Waals surface area (Å²) in [6.45, 7) is 3.84. The Bertz CT molecular complexity index is 976. The summed E-state index contributed by atoms with van der Waals surface area (Å²) in [5, 5.41) is 0.800. The van der Waals surface area contributed by atoms with Crippen LogP contribution < -0.4 is 9.47 Å². The van der Waals surface area contributed by atoms with Gasteiger partial charge >= 0.3 is 5.97 Å². The minimum atomic E-state index is -0.922. The molecule has 1 unspecified atom stereocenters. The lowest BCUT2D eigenvalue weighted by Gasteiger charge is -2.14. The molecule has 0 aliphatic heterocycles. The minimum Gasteiger partial charge on any atom is -0.493 e. The van der Waals surface area contributed by atoms with Crippen LogP contribution in [0.3, 0.4) is 0 Å². The van der Waals surface area contributed by atoms with Crippen LogP contribution in [0, 0.1) is 0 Å². The topological polar surface area (TPSA) is 77.6 Å². The Balaban J connectivity index is 1.77. The molecule has 27 heavy (non-hydrogen) atoms. The largest absolute Gasteiger partial charge is 0.493 e. The van der Waals surface area contributed by atoms with Crippen LogP contribution >= 0.6 is 0 Å². The van der Waals surface area contributed by atoms with Crippen molar-refractivity contribution in [2.45, 2.75) is 20.0 Å². The SMILES string of the molecule is CCOc1cc(C(=O)OC(C)C(=O)c2c[nH]c3ccccc23)ccc1OC. The number of aromatic amines is 1. The van der Waals surface area contributed by atoms with Crippen LogP contribution in [0.1, 0.15) is 34.6 Å². The third-order valence-electron chi connectivity index (χ3n) is 4.21. The Hall–Kier alpha value is -3.28. The predicted molar refractivity (Wildman–Crippen MR) is 102 cm³/mol. The summed E-state index contributed by atoms with van der Waals surface area (Å²) >= 11 is 0. The number of H-pyrrole nitrogens is 1. The monoisotopic (exact) mass is 367 g/mol. The van der Waals surface area contributed by atoms with Gasteiger partial charge in [-0.15, -0.1) is 0 Å². The maximum Gasteiger partial charge on any atom is 0.338 e. The van der Waals surface area contributed by atoms with Crippen LogP contribution in [0.15, 0.2) is 48.7 Å². The lowest BCUT2D eigenvalue weighted by atomic mass is 10.1. The number of carbonyl (C=O) groups is 2. The van der Waals surface area contributed by atoms with Crippen LogP contribution in [-0.2, 0) is 4.74 Å². The van der Waals surface area contributed by atoms with Gasteiger partial charge in [-0.2, -0.15) is 0 Å². The molecule has 0 amide bonds. The fourth-order valence-electron chi connectivity index (χ4n) is 2.85. The highest BCUT2D eigenvalue weighted by Gasteiger charge is 2.23. The summed E-state index contributed by atoms with van der Waals surface area (Å²) in [4.78, 5) is 28.2. The maximum absolute atomic E-state index is 12.7. The number of ketones is 1. The van der Waals surface area contributed by atoms with Gasteiger partial charge in [-0.05, 0) is 38.1 Å². The zero-order valence-electron chi connectivity index (χ0n) is 15.4. The molecule has 0 saturated carbocycles. The Morgan fingerprint density at radius 2 is 1.89 bits per heavy atom. The van der Waals surface area contributed by atoms with E-state index in [1.807, 2.05) is 31.2 Å². The number of esters is 1. The van der Waals surface area contributed by atoms with Crippen molar-refractivity contribution in [1.82, 2.24) is 4.98 Å². The van der Waals surface area contributed by atoms with Gasteiger partial charge in [-0.1, -0.05) is 18.2 Å².